The van der Waals surface area contributed by atoms with Crippen molar-refractivity contribution in [1.82, 2.24) is 5.32 Å². The minimum atomic E-state index is -2.60. The third-order valence-electron chi connectivity index (χ3n) is 3.49. The highest BCUT2D eigenvalue weighted by Gasteiger charge is 2.37. The molecule has 1 aromatic rings. The van der Waals surface area contributed by atoms with E-state index in [1.807, 2.05) is 0 Å². The molecule has 1 amide bonds. The van der Waals surface area contributed by atoms with Crippen LogP contribution in [0.2, 0.25) is 0 Å². The van der Waals surface area contributed by atoms with Crippen molar-refractivity contribution >= 4 is 5.91 Å². The van der Waals surface area contributed by atoms with Gasteiger partial charge in [-0.15, -0.1) is 0 Å². The molecule has 19 heavy (non-hydrogen) atoms. The SMILES string of the molecule is O=C(NCc1ccc(O)cc1)C1CCC(F)(F)CC1. The summed E-state index contributed by atoms with van der Waals surface area (Å²) in [7, 11) is 0. The van der Waals surface area contributed by atoms with Gasteiger partial charge in [0.05, 0.1) is 0 Å². The van der Waals surface area contributed by atoms with Gasteiger partial charge in [0.25, 0.3) is 0 Å². The summed E-state index contributed by atoms with van der Waals surface area (Å²) >= 11 is 0. The number of hydrogen-bond donors (Lipinski definition) is 2. The number of aromatic hydroxyl groups is 1. The highest BCUT2D eigenvalue weighted by atomic mass is 19.3. The summed E-state index contributed by atoms with van der Waals surface area (Å²) < 4.78 is 25.9. The summed E-state index contributed by atoms with van der Waals surface area (Å²) in [5, 5.41) is 11.9. The maximum atomic E-state index is 13.0. The van der Waals surface area contributed by atoms with E-state index in [0.717, 1.165) is 5.56 Å². The second kappa shape index (κ2) is 5.55. The van der Waals surface area contributed by atoms with Crippen LogP contribution in [0.5, 0.6) is 5.75 Å². The van der Waals surface area contributed by atoms with E-state index in [-0.39, 0.29) is 43.3 Å². The number of alkyl halides is 2. The minimum absolute atomic E-state index is 0.163. The molecule has 1 aliphatic rings. The zero-order chi connectivity index (χ0) is 13.9. The van der Waals surface area contributed by atoms with E-state index in [9.17, 15) is 13.6 Å². The monoisotopic (exact) mass is 269 g/mol. The molecule has 5 heteroatoms. The molecular weight excluding hydrogens is 252 g/mol. The Labute approximate surface area is 110 Å². The lowest BCUT2D eigenvalue weighted by molar-refractivity contribution is -0.129. The number of benzene rings is 1. The first-order valence-electron chi connectivity index (χ1n) is 6.40. The molecule has 0 saturated heterocycles. The van der Waals surface area contributed by atoms with E-state index in [0.29, 0.717) is 6.54 Å². The molecule has 104 valence electrons. The van der Waals surface area contributed by atoms with E-state index in [2.05, 4.69) is 5.32 Å². The van der Waals surface area contributed by atoms with E-state index < -0.39 is 5.92 Å². The minimum Gasteiger partial charge on any atom is -0.508 e. The number of amides is 1. The lowest BCUT2D eigenvalue weighted by Gasteiger charge is -2.27. The second-order valence-electron chi connectivity index (χ2n) is 5.01. The maximum absolute atomic E-state index is 13.0. The molecule has 0 heterocycles. The predicted molar refractivity (Wildman–Crippen MR) is 66.9 cm³/mol. The Hall–Kier alpha value is -1.65. The summed E-state index contributed by atoms with van der Waals surface area (Å²) in [6.45, 7) is 0.353. The number of halogens is 2. The largest absolute Gasteiger partial charge is 0.508 e. The number of phenolic OH excluding ortho intramolecular Hbond substituents is 1. The fraction of sp³-hybridized carbons (Fsp3) is 0.500. The molecule has 0 atom stereocenters. The summed E-state index contributed by atoms with van der Waals surface area (Å²) in [5.41, 5.74) is 0.868. The number of carbonyl (C=O) groups excluding carboxylic acids is 1. The molecule has 2 N–H and O–H groups in total. The molecule has 0 bridgehead atoms. The fourth-order valence-corrected chi connectivity index (χ4v) is 2.25. The van der Waals surface area contributed by atoms with Gasteiger partial charge in [-0.3, -0.25) is 4.79 Å². The zero-order valence-electron chi connectivity index (χ0n) is 10.5. The Balaban J connectivity index is 1.80. The lowest BCUT2D eigenvalue weighted by Crippen LogP contribution is -2.35. The topological polar surface area (TPSA) is 49.3 Å². The van der Waals surface area contributed by atoms with E-state index in [1.54, 1.807) is 24.3 Å². The van der Waals surface area contributed by atoms with Crippen molar-refractivity contribution in [1.29, 1.82) is 0 Å². The van der Waals surface area contributed by atoms with E-state index in [4.69, 9.17) is 5.11 Å². The number of rotatable bonds is 3. The Morgan fingerprint density at radius 3 is 2.42 bits per heavy atom. The van der Waals surface area contributed by atoms with Crippen LogP contribution < -0.4 is 5.32 Å². The molecule has 1 fully saturated rings. The van der Waals surface area contributed by atoms with Gasteiger partial charge in [-0.1, -0.05) is 12.1 Å². The van der Waals surface area contributed by atoms with Crippen molar-refractivity contribution in [2.75, 3.05) is 0 Å². The van der Waals surface area contributed by atoms with Gasteiger partial charge in [0.1, 0.15) is 5.75 Å². The van der Waals surface area contributed by atoms with Crippen molar-refractivity contribution in [3.8, 4) is 5.75 Å². The molecule has 1 saturated carbocycles. The van der Waals surface area contributed by atoms with Gasteiger partial charge in [-0.25, -0.2) is 8.78 Å². The number of phenols is 1. The van der Waals surface area contributed by atoms with Gasteiger partial charge < -0.3 is 10.4 Å². The van der Waals surface area contributed by atoms with Gasteiger partial charge in [0, 0.05) is 25.3 Å². The Bertz CT molecular complexity index is 435. The Kier molecular flexibility index (Phi) is 4.02. The molecule has 0 radical (unpaired) electrons. The Morgan fingerprint density at radius 1 is 1.26 bits per heavy atom. The van der Waals surface area contributed by atoms with Gasteiger partial charge in [-0.2, -0.15) is 0 Å². The van der Waals surface area contributed by atoms with Crippen molar-refractivity contribution in [3.63, 3.8) is 0 Å². The normalized spacial score (nSPS) is 19.1. The molecule has 0 spiro atoms. The van der Waals surface area contributed by atoms with Crippen LogP contribution in [0.4, 0.5) is 8.78 Å². The highest BCUT2D eigenvalue weighted by Crippen LogP contribution is 2.36. The standard InChI is InChI=1S/C14H17F2NO2/c15-14(16)7-5-11(6-8-14)13(19)17-9-10-1-3-12(18)4-2-10/h1-4,11,18H,5-9H2,(H,17,19). The summed E-state index contributed by atoms with van der Waals surface area (Å²) in [5.74, 6) is -2.90. The van der Waals surface area contributed by atoms with Crippen molar-refractivity contribution in [2.24, 2.45) is 5.92 Å². The molecule has 1 aromatic carbocycles. The van der Waals surface area contributed by atoms with Gasteiger partial charge >= 0.3 is 0 Å². The molecule has 0 aliphatic heterocycles. The average Bonchev–Trinajstić information content (AvgIpc) is 2.37. The molecule has 0 aromatic heterocycles. The van der Waals surface area contributed by atoms with Crippen molar-refractivity contribution in [3.05, 3.63) is 29.8 Å². The van der Waals surface area contributed by atoms with E-state index >= 15 is 0 Å². The molecular formula is C14H17F2NO2. The van der Waals surface area contributed by atoms with Crippen LogP contribution in [-0.2, 0) is 11.3 Å². The van der Waals surface area contributed by atoms with Gasteiger partial charge in [-0.05, 0) is 30.5 Å². The van der Waals surface area contributed by atoms with Crippen LogP contribution in [0.1, 0.15) is 31.2 Å². The predicted octanol–water partition coefficient (Wildman–Crippen LogP) is 2.83. The maximum Gasteiger partial charge on any atom is 0.248 e. The van der Waals surface area contributed by atoms with Crippen LogP contribution in [0.25, 0.3) is 0 Å². The summed E-state index contributed by atoms with van der Waals surface area (Å²) in [6.07, 6.45) is 0.0808. The first-order valence-corrected chi connectivity index (χ1v) is 6.40. The lowest BCUT2D eigenvalue weighted by atomic mass is 9.86. The number of carbonyl (C=O) groups is 1. The second-order valence-corrected chi connectivity index (χ2v) is 5.01. The molecule has 1 aliphatic carbocycles. The first kappa shape index (κ1) is 13.8. The van der Waals surface area contributed by atoms with Gasteiger partial charge in [0.15, 0.2) is 0 Å². The molecule has 3 nitrogen and oxygen atoms in total. The average molecular weight is 269 g/mol. The summed E-state index contributed by atoms with van der Waals surface area (Å²) in [4.78, 5) is 11.8. The third kappa shape index (κ3) is 3.91. The quantitative estimate of drug-likeness (QED) is 0.886. The van der Waals surface area contributed by atoms with Crippen LogP contribution in [0.15, 0.2) is 24.3 Å². The molecule has 2 rings (SSSR count). The zero-order valence-corrected chi connectivity index (χ0v) is 10.5. The Morgan fingerprint density at radius 2 is 1.84 bits per heavy atom. The van der Waals surface area contributed by atoms with Crippen molar-refractivity contribution in [2.45, 2.75) is 38.2 Å². The summed E-state index contributed by atoms with van der Waals surface area (Å²) in [6, 6.07) is 6.51. The van der Waals surface area contributed by atoms with Crippen LogP contribution in [0, 0.1) is 5.92 Å². The fourth-order valence-electron chi connectivity index (χ4n) is 2.25. The van der Waals surface area contributed by atoms with Crippen LogP contribution in [0.3, 0.4) is 0 Å². The smallest absolute Gasteiger partial charge is 0.248 e. The van der Waals surface area contributed by atoms with Crippen LogP contribution >= 0.6 is 0 Å². The molecule has 0 unspecified atom stereocenters. The third-order valence-corrected chi connectivity index (χ3v) is 3.49. The van der Waals surface area contributed by atoms with E-state index in [1.165, 1.54) is 0 Å². The first-order chi connectivity index (χ1) is 8.96. The van der Waals surface area contributed by atoms with Gasteiger partial charge in [0.2, 0.25) is 11.8 Å². The van der Waals surface area contributed by atoms with Crippen molar-refractivity contribution < 1.29 is 18.7 Å². The van der Waals surface area contributed by atoms with Crippen LogP contribution in [-0.4, -0.2) is 16.9 Å². The highest BCUT2D eigenvalue weighted by molar-refractivity contribution is 5.78. The number of nitrogens with one attached hydrogen (secondary N) is 1. The number of hydrogen-bond acceptors (Lipinski definition) is 2.